The molecule has 2 aromatic carbocycles. The molecule has 8 heteroatoms. The maximum absolute atomic E-state index is 12.9. The van der Waals surface area contributed by atoms with Crippen LogP contribution in [-0.2, 0) is 14.8 Å². The van der Waals surface area contributed by atoms with Crippen LogP contribution in [0.4, 0.5) is 4.39 Å². The largest absolute Gasteiger partial charge is 0.273 e. The van der Waals surface area contributed by atoms with Gasteiger partial charge in [0.05, 0.1) is 11.1 Å². The molecule has 1 aliphatic rings. The minimum absolute atomic E-state index is 0.245. The van der Waals surface area contributed by atoms with Gasteiger partial charge in [-0.2, -0.15) is 9.41 Å². The quantitative estimate of drug-likeness (QED) is 0.616. The van der Waals surface area contributed by atoms with Crippen molar-refractivity contribution in [1.82, 2.24) is 9.73 Å². The van der Waals surface area contributed by atoms with Crippen LogP contribution in [-0.4, -0.2) is 37.9 Å². The predicted octanol–water partition coefficient (Wildman–Crippen LogP) is 2.69. The number of carbonyl (C=O) groups is 1. The number of rotatable bonds is 5. The zero-order valence-corrected chi connectivity index (χ0v) is 16.3. The molecule has 1 heterocycles. The lowest BCUT2D eigenvalue weighted by molar-refractivity contribution is -0.126. The van der Waals surface area contributed by atoms with Crippen LogP contribution in [0.2, 0.25) is 0 Å². The minimum atomic E-state index is -3.54. The second-order valence-electron chi connectivity index (χ2n) is 6.78. The highest BCUT2D eigenvalue weighted by Crippen LogP contribution is 2.24. The van der Waals surface area contributed by atoms with Crippen LogP contribution in [0, 0.1) is 18.7 Å². The molecule has 0 aromatic heterocycles. The number of aryl methyl sites for hydroxylation is 1. The number of piperidine rings is 1. The van der Waals surface area contributed by atoms with Crippen LogP contribution in [0.5, 0.6) is 0 Å². The highest BCUT2D eigenvalue weighted by atomic mass is 32.2. The van der Waals surface area contributed by atoms with Gasteiger partial charge in [-0.05, 0) is 49.6 Å². The Balaban J connectivity index is 1.53. The van der Waals surface area contributed by atoms with E-state index in [1.807, 2.05) is 6.92 Å². The Kier molecular flexibility index (Phi) is 6.21. The average molecular weight is 403 g/mol. The van der Waals surface area contributed by atoms with E-state index >= 15 is 0 Å². The highest BCUT2D eigenvalue weighted by molar-refractivity contribution is 7.89. The second-order valence-corrected chi connectivity index (χ2v) is 8.72. The van der Waals surface area contributed by atoms with Crippen LogP contribution in [0.1, 0.15) is 24.0 Å². The summed E-state index contributed by atoms with van der Waals surface area (Å²) in [5.41, 5.74) is 4.14. The lowest BCUT2D eigenvalue weighted by Gasteiger charge is -2.30. The molecule has 1 amide bonds. The molecule has 1 aliphatic heterocycles. The monoisotopic (exact) mass is 403 g/mol. The van der Waals surface area contributed by atoms with Gasteiger partial charge in [-0.25, -0.2) is 18.2 Å². The summed E-state index contributed by atoms with van der Waals surface area (Å²) >= 11 is 0. The Morgan fingerprint density at radius 1 is 1.11 bits per heavy atom. The first kappa shape index (κ1) is 20.2. The number of hydrogen-bond acceptors (Lipinski definition) is 4. The molecule has 6 nitrogen and oxygen atoms in total. The van der Waals surface area contributed by atoms with Crippen LogP contribution in [0.3, 0.4) is 0 Å². The second kappa shape index (κ2) is 8.62. The predicted molar refractivity (Wildman–Crippen MR) is 105 cm³/mol. The lowest BCUT2D eigenvalue weighted by atomic mass is 9.98. The van der Waals surface area contributed by atoms with Crippen molar-refractivity contribution in [3.63, 3.8) is 0 Å². The summed E-state index contributed by atoms with van der Waals surface area (Å²) in [6.45, 7) is 2.48. The third-order valence-corrected chi connectivity index (χ3v) is 6.65. The molecule has 0 atom stereocenters. The Labute approximate surface area is 164 Å². The van der Waals surface area contributed by atoms with Gasteiger partial charge in [0, 0.05) is 19.0 Å². The van der Waals surface area contributed by atoms with Crippen molar-refractivity contribution in [2.24, 2.45) is 11.0 Å². The zero-order chi connectivity index (χ0) is 20.1. The molecule has 2 aromatic rings. The number of amides is 1. The molecule has 1 N–H and O–H groups in total. The van der Waals surface area contributed by atoms with Gasteiger partial charge in [0.1, 0.15) is 5.82 Å². The lowest BCUT2D eigenvalue weighted by Crippen LogP contribution is -2.42. The average Bonchev–Trinajstić information content (AvgIpc) is 2.70. The summed E-state index contributed by atoms with van der Waals surface area (Å²) < 4.78 is 39.7. The van der Waals surface area contributed by atoms with Gasteiger partial charge in [0.15, 0.2) is 0 Å². The Morgan fingerprint density at radius 3 is 2.32 bits per heavy atom. The van der Waals surface area contributed by atoms with Gasteiger partial charge < -0.3 is 0 Å². The summed E-state index contributed by atoms with van der Waals surface area (Å²) in [5, 5.41) is 3.89. The van der Waals surface area contributed by atoms with Crippen molar-refractivity contribution in [3.05, 3.63) is 65.5 Å². The number of carbonyl (C=O) groups excluding carboxylic acids is 1. The summed E-state index contributed by atoms with van der Waals surface area (Å²) in [6, 6.07) is 12.5. The van der Waals surface area contributed by atoms with Crippen LogP contribution in [0.15, 0.2) is 58.5 Å². The van der Waals surface area contributed by atoms with Crippen molar-refractivity contribution in [1.29, 1.82) is 0 Å². The minimum Gasteiger partial charge on any atom is -0.273 e. The zero-order valence-electron chi connectivity index (χ0n) is 15.5. The molecule has 0 bridgehead atoms. The van der Waals surface area contributed by atoms with Gasteiger partial charge in [-0.1, -0.05) is 29.8 Å². The Morgan fingerprint density at radius 2 is 1.71 bits per heavy atom. The van der Waals surface area contributed by atoms with E-state index in [0.717, 1.165) is 5.56 Å². The van der Waals surface area contributed by atoms with E-state index in [1.165, 1.54) is 22.7 Å². The van der Waals surface area contributed by atoms with E-state index < -0.39 is 10.0 Å². The third kappa shape index (κ3) is 4.82. The number of hydrazone groups is 1. The van der Waals surface area contributed by atoms with E-state index in [2.05, 4.69) is 10.5 Å². The topological polar surface area (TPSA) is 78.8 Å². The molecule has 0 saturated carbocycles. The SMILES string of the molecule is Cc1ccc(S(=O)(=O)N2CCC(C(=O)N/N=C/c3ccc(F)cc3)CC2)cc1. The van der Waals surface area contributed by atoms with Crippen LogP contribution < -0.4 is 5.43 Å². The van der Waals surface area contributed by atoms with Gasteiger partial charge in [0.2, 0.25) is 15.9 Å². The smallest absolute Gasteiger partial charge is 0.243 e. The number of sulfonamides is 1. The Hall–Kier alpha value is -2.58. The van der Waals surface area contributed by atoms with Gasteiger partial charge in [-0.3, -0.25) is 4.79 Å². The Bertz CT molecular complexity index is 949. The fraction of sp³-hybridized carbons (Fsp3) is 0.300. The van der Waals surface area contributed by atoms with Crippen molar-refractivity contribution in [2.75, 3.05) is 13.1 Å². The fourth-order valence-corrected chi connectivity index (χ4v) is 4.50. The van der Waals surface area contributed by atoms with Crippen LogP contribution in [0.25, 0.3) is 0 Å². The van der Waals surface area contributed by atoms with Crippen molar-refractivity contribution >= 4 is 22.1 Å². The molecule has 1 saturated heterocycles. The van der Waals surface area contributed by atoms with Crippen molar-refractivity contribution in [3.8, 4) is 0 Å². The molecule has 0 aliphatic carbocycles. The molecule has 3 rings (SSSR count). The summed E-state index contributed by atoms with van der Waals surface area (Å²) in [4.78, 5) is 12.5. The number of benzene rings is 2. The maximum atomic E-state index is 12.9. The van der Waals surface area contributed by atoms with Crippen LogP contribution >= 0.6 is 0 Å². The number of nitrogens with one attached hydrogen (secondary N) is 1. The van der Waals surface area contributed by atoms with Gasteiger partial charge in [0.25, 0.3) is 0 Å². The molecule has 1 fully saturated rings. The molecular formula is C20H22FN3O3S. The maximum Gasteiger partial charge on any atom is 0.243 e. The normalized spacial score (nSPS) is 16.4. The van der Waals surface area contributed by atoms with E-state index in [-0.39, 0.29) is 35.6 Å². The van der Waals surface area contributed by atoms with E-state index in [4.69, 9.17) is 0 Å². The first-order valence-electron chi connectivity index (χ1n) is 9.01. The molecule has 0 radical (unpaired) electrons. The first-order valence-corrected chi connectivity index (χ1v) is 10.5. The standard InChI is InChI=1S/C20H22FN3O3S/c1-15-2-8-19(9-3-15)28(26,27)24-12-10-17(11-13-24)20(25)23-22-14-16-4-6-18(21)7-5-16/h2-9,14,17H,10-13H2,1H3,(H,23,25)/b22-14+. The summed E-state index contributed by atoms with van der Waals surface area (Å²) in [5.74, 6) is -0.880. The molecule has 28 heavy (non-hydrogen) atoms. The first-order chi connectivity index (χ1) is 13.4. The fourth-order valence-electron chi connectivity index (χ4n) is 3.03. The van der Waals surface area contributed by atoms with Gasteiger partial charge in [-0.15, -0.1) is 0 Å². The number of hydrogen-bond donors (Lipinski definition) is 1. The molecular weight excluding hydrogens is 381 g/mol. The summed E-state index contributed by atoms with van der Waals surface area (Å²) in [6.07, 6.45) is 2.31. The van der Waals surface area contributed by atoms with E-state index in [1.54, 1.807) is 36.4 Å². The van der Waals surface area contributed by atoms with E-state index in [0.29, 0.717) is 18.4 Å². The van der Waals surface area contributed by atoms with E-state index in [9.17, 15) is 17.6 Å². The van der Waals surface area contributed by atoms with Crippen molar-refractivity contribution < 1.29 is 17.6 Å². The van der Waals surface area contributed by atoms with Gasteiger partial charge >= 0.3 is 0 Å². The number of halogens is 1. The highest BCUT2D eigenvalue weighted by Gasteiger charge is 2.31. The summed E-state index contributed by atoms with van der Waals surface area (Å²) in [7, 11) is -3.54. The molecule has 0 unspecified atom stereocenters. The molecule has 148 valence electrons. The number of nitrogens with zero attached hydrogens (tertiary/aromatic N) is 2. The third-order valence-electron chi connectivity index (χ3n) is 4.74. The van der Waals surface area contributed by atoms with Crippen molar-refractivity contribution in [2.45, 2.75) is 24.7 Å². The molecule has 0 spiro atoms.